The lowest BCUT2D eigenvalue weighted by molar-refractivity contribution is -0.116. The van der Waals surface area contributed by atoms with Gasteiger partial charge in [-0.05, 0) is 12.5 Å². The number of aliphatic hydroxyl groups excluding tert-OH is 1. The van der Waals surface area contributed by atoms with E-state index in [0.29, 0.717) is 0 Å². The molecule has 0 spiro atoms. The maximum atomic E-state index is 11.4. The van der Waals surface area contributed by atoms with Gasteiger partial charge >= 0.3 is 0 Å². The van der Waals surface area contributed by atoms with E-state index in [1.165, 1.54) is 25.3 Å². The van der Waals surface area contributed by atoms with Crippen LogP contribution < -0.4 is 0 Å². The second kappa shape index (κ2) is 10.3. The maximum absolute atomic E-state index is 11.4. The summed E-state index contributed by atoms with van der Waals surface area (Å²) in [6.45, 7) is 2.19. The molecule has 17 heavy (non-hydrogen) atoms. The first-order valence-electron chi connectivity index (χ1n) is 6.61. The van der Waals surface area contributed by atoms with Gasteiger partial charge in [0.05, 0.1) is 6.10 Å². The van der Waals surface area contributed by atoms with Gasteiger partial charge in [-0.3, -0.25) is 4.79 Å². The molecular weight excluding hydrogens is 214 g/mol. The monoisotopic (exact) mass is 241 g/mol. The van der Waals surface area contributed by atoms with Crippen molar-refractivity contribution >= 4 is 5.78 Å². The van der Waals surface area contributed by atoms with Crippen LogP contribution in [0.15, 0.2) is 12.3 Å². The van der Waals surface area contributed by atoms with E-state index >= 15 is 0 Å². The molecule has 0 aromatic heterocycles. The highest BCUT2D eigenvalue weighted by Crippen LogP contribution is 2.09. The predicted molar refractivity (Wildman–Crippen MR) is 71.8 cm³/mol. The van der Waals surface area contributed by atoms with Crippen molar-refractivity contribution in [2.75, 3.05) is 14.1 Å². The predicted octanol–water partition coefficient (Wildman–Crippen LogP) is 2.74. The second-order valence-electron chi connectivity index (χ2n) is 4.81. The molecule has 0 aliphatic heterocycles. The van der Waals surface area contributed by atoms with Crippen LogP contribution in [0.1, 0.15) is 51.9 Å². The fourth-order valence-corrected chi connectivity index (χ4v) is 1.62. The van der Waals surface area contributed by atoms with Crippen LogP contribution in [0.4, 0.5) is 0 Å². The third-order valence-corrected chi connectivity index (χ3v) is 2.64. The minimum atomic E-state index is -0.476. The summed E-state index contributed by atoms with van der Waals surface area (Å²) in [6, 6.07) is 0. The molecule has 3 nitrogen and oxygen atoms in total. The molecule has 3 heteroatoms. The second-order valence-corrected chi connectivity index (χ2v) is 4.81. The van der Waals surface area contributed by atoms with E-state index in [4.69, 9.17) is 0 Å². The Balaban J connectivity index is 3.57. The Hall–Kier alpha value is -0.830. The number of rotatable bonds is 10. The Bertz CT molecular complexity index is 224. The summed E-state index contributed by atoms with van der Waals surface area (Å²) in [4.78, 5) is 13.2. The molecule has 0 aromatic rings. The Kier molecular flexibility index (Phi) is 9.83. The standard InChI is InChI=1S/C14H27NO2/c1-4-5-6-7-8-9-13(16)12-14(17)10-11-15(2)3/h10-11,13,16H,4-9,12H2,1-3H3/b11-10+. The molecule has 1 unspecified atom stereocenters. The van der Waals surface area contributed by atoms with Gasteiger partial charge in [0.2, 0.25) is 0 Å². The molecule has 0 aliphatic rings. The molecule has 100 valence electrons. The molecule has 0 bridgehead atoms. The first-order valence-corrected chi connectivity index (χ1v) is 6.61. The summed E-state index contributed by atoms with van der Waals surface area (Å²) in [5.41, 5.74) is 0. The van der Waals surface area contributed by atoms with E-state index in [1.807, 2.05) is 19.0 Å². The van der Waals surface area contributed by atoms with Gasteiger partial charge in [0.1, 0.15) is 0 Å². The molecule has 0 heterocycles. The van der Waals surface area contributed by atoms with Crippen LogP contribution in [0, 0.1) is 0 Å². The van der Waals surface area contributed by atoms with Gasteiger partial charge in [-0.15, -0.1) is 0 Å². The summed E-state index contributed by atoms with van der Waals surface area (Å²) in [6.07, 6.45) is 9.67. The molecular formula is C14H27NO2. The van der Waals surface area contributed by atoms with E-state index in [-0.39, 0.29) is 12.2 Å². The number of hydrogen-bond acceptors (Lipinski definition) is 3. The van der Waals surface area contributed by atoms with Gasteiger partial charge in [0.25, 0.3) is 0 Å². The number of aliphatic hydroxyl groups is 1. The van der Waals surface area contributed by atoms with Crippen molar-refractivity contribution in [3.8, 4) is 0 Å². The number of allylic oxidation sites excluding steroid dienone is 1. The smallest absolute Gasteiger partial charge is 0.159 e. The number of unbranched alkanes of at least 4 members (excludes halogenated alkanes) is 4. The third kappa shape index (κ3) is 11.4. The third-order valence-electron chi connectivity index (χ3n) is 2.64. The number of carbonyl (C=O) groups is 1. The molecule has 0 amide bonds. The van der Waals surface area contributed by atoms with Crippen LogP contribution in [-0.2, 0) is 4.79 Å². The van der Waals surface area contributed by atoms with Gasteiger partial charge in [0.15, 0.2) is 5.78 Å². The highest BCUT2D eigenvalue weighted by molar-refractivity contribution is 5.89. The van der Waals surface area contributed by atoms with Gasteiger partial charge in [-0.2, -0.15) is 0 Å². The van der Waals surface area contributed by atoms with Gasteiger partial charge in [-0.1, -0.05) is 39.0 Å². The fourth-order valence-electron chi connectivity index (χ4n) is 1.62. The Morgan fingerprint density at radius 3 is 2.47 bits per heavy atom. The van der Waals surface area contributed by atoms with E-state index in [0.717, 1.165) is 19.3 Å². The molecule has 0 fully saturated rings. The molecule has 1 atom stereocenters. The average Bonchev–Trinajstić information content (AvgIpc) is 2.26. The van der Waals surface area contributed by atoms with Crippen LogP contribution in [0.5, 0.6) is 0 Å². The number of ketones is 1. The Morgan fingerprint density at radius 1 is 1.24 bits per heavy atom. The molecule has 0 rings (SSSR count). The number of carbonyl (C=O) groups excluding carboxylic acids is 1. The van der Waals surface area contributed by atoms with Crippen molar-refractivity contribution < 1.29 is 9.90 Å². The topological polar surface area (TPSA) is 40.5 Å². The highest BCUT2D eigenvalue weighted by Gasteiger charge is 2.08. The zero-order chi connectivity index (χ0) is 13.1. The molecule has 1 N–H and O–H groups in total. The zero-order valence-corrected chi connectivity index (χ0v) is 11.5. The first kappa shape index (κ1) is 16.2. The normalized spacial score (nSPS) is 12.9. The number of hydrogen-bond donors (Lipinski definition) is 1. The fraction of sp³-hybridized carbons (Fsp3) is 0.786. The average molecular weight is 241 g/mol. The van der Waals surface area contributed by atoms with Crippen molar-refractivity contribution in [2.45, 2.75) is 58.0 Å². The van der Waals surface area contributed by atoms with Crippen LogP contribution >= 0.6 is 0 Å². The van der Waals surface area contributed by atoms with Crippen molar-refractivity contribution in [1.29, 1.82) is 0 Å². The lowest BCUT2D eigenvalue weighted by Crippen LogP contribution is -2.12. The summed E-state index contributed by atoms with van der Waals surface area (Å²) in [7, 11) is 3.74. The molecule has 0 radical (unpaired) electrons. The summed E-state index contributed by atoms with van der Waals surface area (Å²) < 4.78 is 0. The summed E-state index contributed by atoms with van der Waals surface area (Å²) in [5, 5.41) is 9.67. The van der Waals surface area contributed by atoms with Crippen molar-refractivity contribution in [3.63, 3.8) is 0 Å². The van der Waals surface area contributed by atoms with Gasteiger partial charge < -0.3 is 10.0 Å². The lowest BCUT2D eigenvalue weighted by atomic mass is 10.0. The Labute approximate surface area is 106 Å². The minimum absolute atomic E-state index is 0.000224. The maximum Gasteiger partial charge on any atom is 0.159 e. The molecule has 0 saturated heterocycles. The number of nitrogens with zero attached hydrogens (tertiary/aromatic N) is 1. The SMILES string of the molecule is CCCCCCCC(O)CC(=O)/C=C/N(C)C. The van der Waals surface area contributed by atoms with Crippen LogP contribution in [0.25, 0.3) is 0 Å². The minimum Gasteiger partial charge on any atom is -0.393 e. The van der Waals surface area contributed by atoms with E-state index in [1.54, 1.807) is 6.20 Å². The van der Waals surface area contributed by atoms with Crippen molar-refractivity contribution in [2.24, 2.45) is 0 Å². The van der Waals surface area contributed by atoms with Crippen molar-refractivity contribution in [1.82, 2.24) is 4.90 Å². The van der Waals surface area contributed by atoms with E-state index in [9.17, 15) is 9.90 Å². The summed E-state index contributed by atoms with van der Waals surface area (Å²) in [5.74, 6) is -0.000224. The van der Waals surface area contributed by atoms with E-state index < -0.39 is 6.10 Å². The van der Waals surface area contributed by atoms with Crippen LogP contribution in [0.2, 0.25) is 0 Å². The lowest BCUT2D eigenvalue weighted by Gasteiger charge is -2.08. The van der Waals surface area contributed by atoms with Gasteiger partial charge in [-0.25, -0.2) is 0 Å². The zero-order valence-electron chi connectivity index (χ0n) is 11.5. The largest absolute Gasteiger partial charge is 0.393 e. The molecule has 0 aliphatic carbocycles. The first-order chi connectivity index (χ1) is 8.06. The molecule has 0 saturated carbocycles. The van der Waals surface area contributed by atoms with Gasteiger partial charge in [0, 0.05) is 26.7 Å². The molecule has 0 aromatic carbocycles. The summed E-state index contributed by atoms with van der Waals surface area (Å²) >= 11 is 0. The van der Waals surface area contributed by atoms with Crippen molar-refractivity contribution in [3.05, 3.63) is 12.3 Å². The van der Waals surface area contributed by atoms with Crippen LogP contribution in [0.3, 0.4) is 0 Å². The highest BCUT2D eigenvalue weighted by atomic mass is 16.3. The Morgan fingerprint density at radius 2 is 1.88 bits per heavy atom. The van der Waals surface area contributed by atoms with E-state index in [2.05, 4.69) is 6.92 Å². The quantitative estimate of drug-likeness (QED) is 0.472. The van der Waals surface area contributed by atoms with Crippen LogP contribution in [-0.4, -0.2) is 36.0 Å².